The molecule has 0 unspecified atom stereocenters. The van der Waals surface area contributed by atoms with Crippen molar-refractivity contribution in [2.45, 2.75) is 13.5 Å². The lowest BCUT2D eigenvalue weighted by Crippen LogP contribution is -2.27. The Bertz CT molecular complexity index is 629. The Hall–Kier alpha value is -1.44. The van der Waals surface area contributed by atoms with Crippen molar-refractivity contribution in [1.29, 1.82) is 0 Å². The van der Waals surface area contributed by atoms with Crippen molar-refractivity contribution in [2.75, 3.05) is 12.5 Å². The van der Waals surface area contributed by atoms with Crippen molar-refractivity contribution in [3.05, 3.63) is 44.3 Å². The molecule has 0 saturated carbocycles. The average Bonchev–Trinajstić information content (AvgIpc) is 2.83. The molecular formula is C13H15BrN4OS. The van der Waals surface area contributed by atoms with Gasteiger partial charge in [0.2, 0.25) is 0 Å². The molecule has 0 radical (unpaired) electrons. The quantitative estimate of drug-likeness (QED) is 0.654. The Balaban J connectivity index is 2.18. The fourth-order valence-corrected chi connectivity index (χ4v) is 3.30. The van der Waals surface area contributed by atoms with Gasteiger partial charge in [-0.2, -0.15) is 0 Å². The van der Waals surface area contributed by atoms with Crippen molar-refractivity contribution in [3.8, 4) is 0 Å². The normalized spacial score (nSPS) is 10.4. The third kappa shape index (κ3) is 3.36. The molecule has 0 fully saturated rings. The predicted molar refractivity (Wildman–Crippen MR) is 84.6 cm³/mol. The fraction of sp³-hybridized carbons (Fsp3) is 0.231. The van der Waals surface area contributed by atoms with Crippen LogP contribution in [0.25, 0.3) is 0 Å². The van der Waals surface area contributed by atoms with Crippen molar-refractivity contribution in [1.82, 2.24) is 9.88 Å². The zero-order valence-electron chi connectivity index (χ0n) is 11.2. The first-order valence-corrected chi connectivity index (χ1v) is 7.60. The number of amides is 1. The van der Waals surface area contributed by atoms with Gasteiger partial charge >= 0.3 is 0 Å². The average molecular weight is 355 g/mol. The van der Waals surface area contributed by atoms with E-state index in [1.807, 2.05) is 18.4 Å². The second-order valence-electron chi connectivity index (χ2n) is 4.41. The Morgan fingerprint density at radius 2 is 2.30 bits per heavy atom. The van der Waals surface area contributed by atoms with Gasteiger partial charge in [-0.3, -0.25) is 15.6 Å². The first kappa shape index (κ1) is 15.0. The van der Waals surface area contributed by atoms with E-state index in [-0.39, 0.29) is 5.91 Å². The number of nitrogens with two attached hydrogens (primary N) is 1. The molecule has 106 valence electrons. The summed E-state index contributed by atoms with van der Waals surface area (Å²) in [5.74, 6) is 5.34. The zero-order chi connectivity index (χ0) is 14.7. The molecule has 2 aromatic heterocycles. The van der Waals surface area contributed by atoms with E-state index >= 15 is 0 Å². The summed E-state index contributed by atoms with van der Waals surface area (Å²) in [6.45, 7) is 2.40. The van der Waals surface area contributed by atoms with Gasteiger partial charge in [-0.25, -0.2) is 0 Å². The van der Waals surface area contributed by atoms with Crippen LogP contribution in [0, 0.1) is 6.92 Å². The highest BCUT2D eigenvalue weighted by Gasteiger charge is 2.17. The molecule has 0 bridgehead atoms. The SMILES string of the molecule is Cc1cc(NN)c(C(=O)N(C)Cc2cc(Br)cs2)cn1. The number of aromatic nitrogens is 1. The van der Waals surface area contributed by atoms with Crippen LogP contribution < -0.4 is 11.3 Å². The largest absolute Gasteiger partial charge is 0.336 e. The summed E-state index contributed by atoms with van der Waals surface area (Å²) < 4.78 is 1.03. The topological polar surface area (TPSA) is 71.2 Å². The minimum absolute atomic E-state index is 0.116. The summed E-state index contributed by atoms with van der Waals surface area (Å²) in [5.41, 5.74) is 4.41. The monoisotopic (exact) mass is 354 g/mol. The highest BCUT2D eigenvalue weighted by molar-refractivity contribution is 9.10. The number of nitrogens with one attached hydrogen (secondary N) is 1. The molecule has 0 spiro atoms. The van der Waals surface area contributed by atoms with Crippen molar-refractivity contribution < 1.29 is 4.79 Å². The van der Waals surface area contributed by atoms with Gasteiger partial charge in [0.25, 0.3) is 5.91 Å². The molecular weight excluding hydrogens is 340 g/mol. The minimum atomic E-state index is -0.116. The van der Waals surface area contributed by atoms with Gasteiger partial charge < -0.3 is 10.3 Å². The molecule has 20 heavy (non-hydrogen) atoms. The van der Waals surface area contributed by atoms with Gasteiger partial charge in [0, 0.05) is 33.7 Å². The molecule has 2 aromatic rings. The molecule has 5 nitrogen and oxygen atoms in total. The lowest BCUT2D eigenvalue weighted by Gasteiger charge is -2.18. The van der Waals surface area contributed by atoms with Gasteiger partial charge in [0.15, 0.2) is 0 Å². The number of aryl methyl sites for hydroxylation is 1. The summed E-state index contributed by atoms with van der Waals surface area (Å²) in [4.78, 5) is 19.3. The van der Waals surface area contributed by atoms with Crippen LogP contribution in [-0.4, -0.2) is 22.8 Å². The molecule has 0 saturated heterocycles. The number of anilines is 1. The van der Waals surface area contributed by atoms with Crippen LogP contribution in [0.5, 0.6) is 0 Å². The van der Waals surface area contributed by atoms with E-state index in [1.54, 1.807) is 35.5 Å². The number of nitrogens with zero attached hydrogens (tertiary/aromatic N) is 2. The summed E-state index contributed by atoms with van der Waals surface area (Å²) in [6.07, 6.45) is 1.55. The van der Waals surface area contributed by atoms with Gasteiger partial charge in [-0.1, -0.05) is 0 Å². The number of hydrazine groups is 1. The first-order valence-electron chi connectivity index (χ1n) is 5.93. The molecule has 0 aliphatic heterocycles. The molecule has 3 N–H and O–H groups in total. The van der Waals surface area contributed by atoms with E-state index in [0.717, 1.165) is 15.0 Å². The Morgan fingerprint density at radius 1 is 1.55 bits per heavy atom. The highest BCUT2D eigenvalue weighted by atomic mass is 79.9. The fourth-order valence-electron chi connectivity index (χ4n) is 1.80. The molecule has 2 rings (SSSR count). The second kappa shape index (κ2) is 6.34. The summed E-state index contributed by atoms with van der Waals surface area (Å²) in [7, 11) is 1.76. The summed E-state index contributed by atoms with van der Waals surface area (Å²) in [6, 6.07) is 3.76. The molecule has 1 amide bonds. The smallest absolute Gasteiger partial charge is 0.257 e. The predicted octanol–water partition coefficient (Wildman–Crippen LogP) is 2.77. The number of hydrogen-bond donors (Lipinski definition) is 2. The van der Waals surface area contributed by atoms with Crippen molar-refractivity contribution in [2.24, 2.45) is 5.84 Å². The maximum Gasteiger partial charge on any atom is 0.257 e. The van der Waals surface area contributed by atoms with Crippen molar-refractivity contribution >= 4 is 38.9 Å². The van der Waals surface area contributed by atoms with E-state index in [1.165, 1.54) is 0 Å². The van der Waals surface area contributed by atoms with E-state index in [2.05, 4.69) is 26.3 Å². The number of rotatable bonds is 4. The van der Waals surface area contributed by atoms with Gasteiger partial charge in [-0.15, -0.1) is 11.3 Å². The zero-order valence-corrected chi connectivity index (χ0v) is 13.6. The van der Waals surface area contributed by atoms with E-state index in [4.69, 9.17) is 5.84 Å². The molecule has 0 aromatic carbocycles. The van der Waals surface area contributed by atoms with Crippen LogP contribution in [0.3, 0.4) is 0 Å². The van der Waals surface area contributed by atoms with Gasteiger partial charge in [0.1, 0.15) is 0 Å². The molecule has 0 aliphatic carbocycles. The second-order valence-corrected chi connectivity index (χ2v) is 6.32. The molecule has 0 atom stereocenters. The lowest BCUT2D eigenvalue weighted by molar-refractivity contribution is 0.0787. The third-order valence-corrected chi connectivity index (χ3v) is 4.47. The van der Waals surface area contributed by atoms with Crippen LogP contribution in [0.2, 0.25) is 0 Å². The van der Waals surface area contributed by atoms with Crippen LogP contribution >= 0.6 is 27.3 Å². The summed E-state index contributed by atoms with van der Waals surface area (Å²) in [5, 5.41) is 1.99. The number of thiophene rings is 1. The summed E-state index contributed by atoms with van der Waals surface area (Å²) >= 11 is 5.01. The number of carbonyl (C=O) groups excluding carboxylic acids is 1. The number of nitrogen functional groups attached to an aromatic ring is 1. The van der Waals surface area contributed by atoms with Crippen LogP contribution in [0.1, 0.15) is 20.9 Å². The van der Waals surface area contributed by atoms with Crippen LogP contribution in [-0.2, 0) is 6.54 Å². The van der Waals surface area contributed by atoms with Gasteiger partial charge in [0.05, 0.1) is 17.8 Å². The molecule has 7 heteroatoms. The number of pyridine rings is 1. The number of hydrogen-bond acceptors (Lipinski definition) is 5. The standard InChI is InChI=1S/C13H15BrN4OS/c1-8-3-12(17-15)11(5-16-8)13(19)18(2)6-10-4-9(14)7-20-10/h3-5,7H,6,15H2,1-2H3,(H,16,17). The Labute approximate surface area is 129 Å². The highest BCUT2D eigenvalue weighted by Crippen LogP contribution is 2.22. The van der Waals surface area contributed by atoms with E-state index in [9.17, 15) is 4.79 Å². The Kier molecular flexibility index (Phi) is 4.74. The Morgan fingerprint density at radius 3 is 2.90 bits per heavy atom. The lowest BCUT2D eigenvalue weighted by atomic mass is 10.2. The molecule has 2 heterocycles. The van der Waals surface area contributed by atoms with E-state index < -0.39 is 0 Å². The molecule has 0 aliphatic rings. The maximum atomic E-state index is 12.4. The third-order valence-electron chi connectivity index (χ3n) is 2.79. The van der Waals surface area contributed by atoms with Crippen molar-refractivity contribution in [3.63, 3.8) is 0 Å². The number of carbonyl (C=O) groups is 1. The van der Waals surface area contributed by atoms with E-state index in [0.29, 0.717) is 17.8 Å². The minimum Gasteiger partial charge on any atom is -0.336 e. The van der Waals surface area contributed by atoms with Gasteiger partial charge in [-0.05, 0) is 35.0 Å². The first-order chi connectivity index (χ1) is 9.51. The maximum absolute atomic E-state index is 12.4. The van der Waals surface area contributed by atoms with Crippen LogP contribution in [0.4, 0.5) is 5.69 Å². The van der Waals surface area contributed by atoms with Crippen LogP contribution in [0.15, 0.2) is 28.2 Å². The number of halogens is 1.